The first-order valence-corrected chi connectivity index (χ1v) is 6.12. The van der Waals surface area contributed by atoms with Crippen molar-refractivity contribution in [1.29, 1.82) is 0 Å². The number of nitrogens with zero attached hydrogens (tertiary/aromatic N) is 3. The molecule has 0 aliphatic heterocycles. The standard InChI is InChI=1S/C10H15N3O.C4H4N2/c1-10(2,3)7-4-5-12-8(6-7)13-9(11)14;1-2-5-4-6-3-1/h4-6H,1-3H3,(H3,11,12,13,14);1-4H. The van der Waals surface area contributed by atoms with Gasteiger partial charge in [-0.2, -0.15) is 0 Å². The second-order valence-corrected chi connectivity index (χ2v) is 5.07. The van der Waals surface area contributed by atoms with Gasteiger partial charge >= 0.3 is 6.03 Å². The molecule has 0 saturated carbocycles. The normalized spacial score (nSPS) is 10.2. The van der Waals surface area contributed by atoms with Crippen LogP contribution in [-0.4, -0.2) is 21.0 Å². The van der Waals surface area contributed by atoms with Crippen molar-refractivity contribution in [1.82, 2.24) is 15.0 Å². The van der Waals surface area contributed by atoms with Crippen LogP contribution in [0.1, 0.15) is 26.3 Å². The lowest BCUT2D eigenvalue weighted by molar-refractivity contribution is 0.259. The largest absolute Gasteiger partial charge is 0.351 e. The second kappa shape index (κ2) is 7.18. The molecular formula is C14H19N5O. The fourth-order valence-electron chi connectivity index (χ4n) is 1.34. The molecule has 0 spiro atoms. The van der Waals surface area contributed by atoms with Crippen LogP contribution in [0.25, 0.3) is 0 Å². The Morgan fingerprint density at radius 1 is 1.20 bits per heavy atom. The minimum Gasteiger partial charge on any atom is -0.351 e. The van der Waals surface area contributed by atoms with Crippen LogP contribution in [0.15, 0.2) is 43.1 Å². The van der Waals surface area contributed by atoms with E-state index in [9.17, 15) is 4.79 Å². The molecule has 0 aliphatic carbocycles. The van der Waals surface area contributed by atoms with Gasteiger partial charge in [0.05, 0.1) is 0 Å². The molecule has 3 N–H and O–H groups in total. The highest BCUT2D eigenvalue weighted by Crippen LogP contribution is 2.23. The minimum absolute atomic E-state index is 0.0387. The van der Waals surface area contributed by atoms with Crippen LogP contribution in [0.4, 0.5) is 10.6 Å². The van der Waals surface area contributed by atoms with Gasteiger partial charge in [0.15, 0.2) is 0 Å². The number of nitrogens with two attached hydrogens (primary N) is 1. The van der Waals surface area contributed by atoms with Gasteiger partial charge in [-0.3, -0.25) is 5.32 Å². The maximum atomic E-state index is 10.6. The van der Waals surface area contributed by atoms with Crippen molar-refractivity contribution in [3.63, 3.8) is 0 Å². The van der Waals surface area contributed by atoms with Gasteiger partial charge in [0, 0.05) is 18.6 Å². The van der Waals surface area contributed by atoms with Gasteiger partial charge in [-0.05, 0) is 29.2 Å². The van der Waals surface area contributed by atoms with Gasteiger partial charge < -0.3 is 5.73 Å². The van der Waals surface area contributed by atoms with Gasteiger partial charge in [-0.25, -0.2) is 19.7 Å². The van der Waals surface area contributed by atoms with Crippen molar-refractivity contribution >= 4 is 11.8 Å². The number of hydrogen-bond donors (Lipinski definition) is 2. The van der Waals surface area contributed by atoms with Crippen LogP contribution >= 0.6 is 0 Å². The number of anilines is 1. The second-order valence-electron chi connectivity index (χ2n) is 5.07. The summed E-state index contributed by atoms with van der Waals surface area (Å²) in [6, 6.07) is 4.93. The topological polar surface area (TPSA) is 93.8 Å². The fourth-order valence-corrected chi connectivity index (χ4v) is 1.34. The average Bonchev–Trinajstić information content (AvgIpc) is 2.40. The Bertz CT molecular complexity index is 510. The number of urea groups is 1. The molecule has 20 heavy (non-hydrogen) atoms. The van der Waals surface area contributed by atoms with Crippen molar-refractivity contribution in [2.75, 3.05) is 5.32 Å². The maximum absolute atomic E-state index is 10.6. The first kappa shape index (κ1) is 15.6. The average molecular weight is 273 g/mol. The molecule has 0 fully saturated rings. The Balaban J connectivity index is 0.000000276. The van der Waals surface area contributed by atoms with Gasteiger partial charge in [-0.1, -0.05) is 20.8 Å². The third kappa shape index (κ3) is 5.90. The lowest BCUT2D eigenvalue weighted by Gasteiger charge is -2.19. The van der Waals surface area contributed by atoms with Crippen molar-refractivity contribution in [3.05, 3.63) is 48.7 Å². The van der Waals surface area contributed by atoms with E-state index in [1.54, 1.807) is 24.7 Å². The number of aromatic nitrogens is 3. The summed E-state index contributed by atoms with van der Waals surface area (Å²) in [5.41, 5.74) is 6.14. The number of rotatable bonds is 1. The zero-order chi connectivity index (χ0) is 15.0. The highest BCUT2D eigenvalue weighted by molar-refractivity contribution is 5.86. The molecule has 0 atom stereocenters. The molecule has 0 aliphatic rings. The summed E-state index contributed by atoms with van der Waals surface area (Å²) < 4.78 is 0. The predicted molar refractivity (Wildman–Crippen MR) is 78.2 cm³/mol. The number of amides is 2. The summed E-state index contributed by atoms with van der Waals surface area (Å²) in [5, 5.41) is 2.44. The van der Waals surface area contributed by atoms with E-state index in [1.165, 1.54) is 6.33 Å². The summed E-state index contributed by atoms with van der Waals surface area (Å²) in [5.74, 6) is 0.491. The molecule has 0 unspecified atom stereocenters. The van der Waals surface area contributed by atoms with Crippen molar-refractivity contribution in [2.45, 2.75) is 26.2 Å². The maximum Gasteiger partial charge on any atom is 0.317 e. The highest BCUT2D eigenvalue weighted by Gasteiger charge is 2.14. The molecule has 0 radical (unpaired) electrons. The Morgan fingerprint density at radius 3 is 2.25 bits per heavy atom. The summed E-state index contributed by atoms with van der Waals surface area (Å²) in [6.45, 7) is 6.28. The lowest BCUT2D eigenvalue weighted by atomic mass is 9.88. The number of carbonyl (C=O) groups is 1. The molecule has 0 aromatic carbocycles. The smallest absolute Gasteiger partial charge is 0.317 e. The van der Waals surface area contributed by atoms with Crippen LogP contribution in [0.3, 0.4) is 0 Å². The van der Waals surface area contributed by atoms with E-state index in [0.717, 1.165) is 5.56 Å². The molecule has 2 aromatic heterocycles. The number of nitrogens with one attached hydrogen (secondary N) is 1. The highest BCUT2D eigenvalue weighted by atomic mass is 16.2. The Hall–Kier alpha value is -2.50. The monoisotopic (exact) mass is 273 g/mol. The Morgan fingerprint density at radius 2 is 1.85 bits per heavy atom. The molecule has 6 nitrogen and oxygen atoms in total. The van der Waals surface area contributed by atoms with Crippen molar-refractivity contribution in [3.8, 4) is 0 Å². The quantitative estimate of drug-likeness (QED) is 0.833. The van der Waals surface area contributed by atoms with Crippen LogP contribution < -0.4 is 11.1 Å². The van der Waals surface area contributed by atoms with E-state index in [1.807, 2.05) is 12.1 Å². The Kier molecular flexibility index (Phi) is 5.58. The Labute approximate surface area is 118 Å². The third-order valence-corrected chi connectivity index (χ3v) is 2.35. The first-order chi connectivity index (χ1) is 9.39. The number of pyridine rings is 1. The first-order valence-electron chi connectivity index (χ1n) is 6.12. The number of carbonyl (C=O) groups excluding carboxylic acids is 1. The minimum atomic E-state index is -0.594. The van der Waals surface area contributed by atoms with E-state index in [0.29, 0.717) is 5.82 Å². The van der Waals surface area contributed by atoms with Crippen LogP contribution in [0, 0.1) is 0 Å². The zero-order valence-electron chi connectivity index (χ0n) is 11.9. The van der Waals surface area contributed by atoms with Crippen LogP contribution in [0.2, 0.25) is 0 Å². The van der Waals surface area contributed by atoms with Gasteiger partial charge in [0.25, 0.3) is 0 Å². The summed E-state index contributed by atoms with van der Waals surface area (Å²) in [7, 11) is 0. The lowest BCUT2D eigenvalue weighted by Crippen LogP contribution is -2.20. The van der Waals surface area contributed by atoms with Crippen molar-refractivity contribution < 1.29 is 4.79 Å². The van der Waals surface area contributed by atoms with Gasteiger partial charge in [0.1, 0.15) is 12.1 Å². The van der Waals surface area contributed by atoms with Crippen LogP contribution in [-0.2, 0) is 5.41 Å². The van der Waals surface area contributed by atoms with E-state index in [-0.39, 0.29) is 5.41 Å². The zero-order valence-corrected chi connectivity index (χ0v) is 11.9. The predicted octanol–water partition coefficient (Wildman–Crippen LogP) is 2.35. The molecule has 0 bridgehead atoms. The molecule has 2 rings (SSSR count). The number of primary amides is 1. The SMILES string of the molecule is CC(C)(C)c1ccnc(NC(N)=O)c1.c1cncnc1. The third-order valence-electron chi connectivity index (χ3n) is 2.35. The molecule has 106 valence electrons. The van der Waals surface area contributed by atoms with Crippen molar-refractivity contribution in [2.24, 2.45) is 5.73 Å². The molecule has 6 heteroatoms. The summed E-state index contributed by atoms with van der Waals surface area (Å²) >= 11 is 0. The van der Waals surface area contributed by atoms with Gasteiger partial charge in [-0.15, -0.1) is 0 Å². The van der Waals surface area contributed by atoms with Crippen LogP contribution in [0.5, 0.6) is 0 Å². The molecule has 2 amide bonds. The van der Waals surface area contributed by atoms with E-state index in [4.69, 9.17) is 5.73 Å². The fraction of sp³-hybridized carbons (Fsp3) is 0.286. The molecule has 2 aromatic rings. The van der Waals surface area contributed by atoms with Gasteiger partial charge in [0.2, 0.25) is 0 Å². The van der Waals surface area contributed by atoms with E-state index < -0.39 is 6.03 Å². The summed E-state index contributed by atoms with van der Waals surface area (Å²) in [4.78, 5) is 21.9. The van der Waals surface area contributed by atoms with E-state index >= 15 is 0 Å². The number of hydrogen-bond acceptors (Lipinski definition) is 4. The molecule has 0 saturated heterocycles. The summed E-state index contributed by atoms with van der Waals surface area (Å²) in [6.07, 6.45) is 6.53. The van der Waals surface area contributed by atoms with E-state index in [2.05, 4.69) is 41.0 Å². The molecular weight excluding hydrogens is 254 g/mol. The molecule has 2 heterocycles.